The van der Waals surface area contributed by atoms with Crippen LogP contribution in [0, 0.1) is 0 Å². The van der Waals surface area contributed by atoms with E-state index >= 15 is 0 Å². The quantitative estimate of drug-likeness (QED) is 0.555. The SMILES string of the molecule is C=C(/C=C(F)\C=C/CC)/C(=C\C)CC. The van der Waals surface area contributed by atoms with E-state index in [1.807, 2.05) is 26.8 Å². The number of rotatable bonds is 5. The Labute approximate surface area is 86.5 Å². The molecular formula is C13H19F. The van der Waals surface area contributed by atoms with Gasteiger partial charge in [0.2, 0.25) is 0 Å². The van der Waals surface area contributed by atoms with Crippen molar-refractivity contribution in [1.29, 1.82) is 0 Å². The number of hydrogen-bond acceptors (Lipinski definition) is 0. The summed E-state index contributed by atoms with van der Waals surface area (Å²) in [4.78, 5) is 0. The van der Waals surface area contributed by atoms with Crippen molar-refractivity contribution in [2.24, 2.45) is 0 Å². The first kappa shape index (κ1) is 12.9. The molecule has 14 heavy (non-hydrogen) atoms. The summed E-state index contributed by atoms with van der Waals surface area (Å²) in [6, 6.07) is 0. The van der Waals surface area contributed by atoms with Gasteiger partial charge in [0.25, 0.3) is 0 Å². The second kappa shape index (κ2) is 7.31. The van der Waals surface area contributed by atoms with Gasteiger partial charge in [-0.3, -0.25) is 0 Å². The molecule has 0 spiro atoms. The molecule has 0 bridgehead atoms. The van der Waals surface area contributed by atoms with Gasteiger partial charge in [-0.15, -0.1) is 0 Å². The summed E-state index contributed by atoms with van der Waals surface area (Å²) >= 11 is 0. The minimum Gasteiger partial charge on any atom is -0.207 e. The summed E-state index contributed by atoms with van der Waals surface area (Å²) in [5.74, 6) is -0.232. The Hall–Kier alpha value is -1.11. The van der Waals surface area contributed by atoms with E-state index in [-0.39, 0.29) is 5.83 Å². The first-order chi connectivity index (χ1) is 6.65. The zero-order chi connectivity index (χ0) is 11.0. The Morgan fingerprint density at radius 2 is 2.00 bits per heavy atom. The Morgan fingerprint density at radius 1 is 1.36 bits per heavy atom. The van der Waals surface area contributed by atoms with E-state index in [9.17, 15) is 4.39 Å². The van der Waals surface area contributed by atoms with Crippen LogP contribution in [0.3, 0.4) is 0 Å². The van der Waals surface area contributed by atoms with Crippen LogP contribution in [-0.4, -0.2) is 0 Å². The molecule has 0 aliphatic heterocycles. The third kappa shape index (κ3) is 4.80. The molecule has 0 heterocycles. The van der Waals surface area contributed by atoms with E-state index in [1.54, 1.807) is 6.08 Å². The molecule has 0 aromatic heterocycles. The molecule has 0 aromatic rings. The lowest BCUT2D eigenvalue weighted by atomic mass is 10.0. The van der Waals surface area contributed by atoms with E-state index in [4.69, 9.17) is 0 Å². The van der Waals surface area contributed by atoms with Gasteiger partial charge in [-0.1, -0.05) is 32.6 Å². The molecule has 0 rings (SSSR count). The predicted molar refractivity (Wildman–Crippen MR) is 61.8 cm³/mol. The standard InChI is InChI=1S/C13H19F/c1-5-8-9-13(14)10-11(4)12(6-2)7-3/h6,8-10H,4-5,7H2,1-3H3/b9-8-,12-6-,13-10+. The number of halogens is 1. The average molecular weight is 194 g/mol. The normalized spacial score (nSPS) is 13.7. The average Bonchev–Trinajstić information content (AvgIpc) is 2.16. The molecule has 0 unspecified atom stereocenters. The molecule has 0 amide bonds. The third-order valence-electron chi connectivity index (χ3n) is 1.97. The molecule has 0 aromatic carbocycles. The lowest BCUT2D eigenvalue weighted by Gasteiger charge is -2.02. The highest BCUT2D eigenvalue weighted by atomic mass is 19.1. The Balaban J connectivity index is 4.50. The van der Waals surface area contributed by atoms with Crippen molar-refractivity contribution in [3.05, 3.63) is 47.9 Å². The van der Waals surface area contributed by atoms with Gasteiger partial charge in [-0.05, 0) is 43.1 Å². The molecule has 0 nitrogen and oxygen atoms in total. The maximum Gasteiger partial charge on any atom is 0.123 e. The Morgan fingerprint density at radius 3 is 2.43 bits per heavy atom. The van der Waals surface area contributed by atoms with Gasteiger partial charge in [0.1, 0.15) is 5.83 Å². The monoisotopic (exact) mass is 194 g/mol. The van der Waals surface area contributed by atoms with Gasteiger partial charge < -0.3 is 0 Å². The molecule has 0 atom stereocenters. The van der Waals surface area contributed by atoms with Crippen molar-refractivity contribution in [2.75, 3.05) is 0 Å². The van der Waals surface area contributed by atoms with Gasteiger partial charge in [-0.2, -0.15) is 0 Å². The summed E-state index contributed by atoms with van der Waals surface area (Å²) in [7, 11) is 0. The minimum atomic E-state index is -0.232. The second-order valence-electron chi connectivity index (χ2n) is 3.03. The zero-order valence-corrected chi connectivity index (χ0v) is 9.31. The van der Waals surface area contributed by atoms with E-state index in [0.717, 1.165) is 24.0 Å². The molecule has 0 aliphatic carbocycles. The summed E-state index contributed by atoms with van der Waals surface area (Å²) < 4.78 is 13.2. The first-order valence-corrected chi connectivity index (χ1v) is 5.03. The smallest absolute Gasteiger partial charge is 0.123 e. The highest BCUT2D eigenvalue weighted by Crippen LogP contribution is 2.15. The van der Waals surface area contributed by atoms with Crippen LogP contribution in [0.5, 0.6) is 0 Å². The van der Waals surface area contributed by atoms with Crippen molar-refractivity contribution in [2.45, 2.75) is 33.6 Å². The molecule has 0 aliphatic rings. The molecule has 1 heteroatoms. The van der Waals surface area contributed by atoms with Gasteiger partial charge in [0.15, 0.2) is 0 Å². The number of hydrogen-bond donors (Lipinski definition) is 0. The number of allylic oxidation sites excluding steroid dienone is 7. The van der Waals surface area contributed by atoms with E-state index in [1.165, 1.54) is 12.2 Å². The third-order valence-corrected chi connectivity index (χ3v) is 1.97. The van der Waals surface area contributed by atoms with Gasteiger partial charge in [-0.25, -0.2) is 4.39 Å². The summed E-state index contributed by atoms with van der Waals surface area (Å²) in [6.45, 7) is 9.78. The fraction of sp³-hybridized carbons (Fsp3) is 0.385. The Bertz CT molecular complexity index is 267. The van der Waals surface area contributed by atoms with Gasteiger partial charge >= 0.3 is 0 Å². The highest BCUT2D eigenvalue weighted by Gasteiger charge is 1.97. The van der Waals surface area contributed by atoms with Crippen LogP contribution in [0.1, 0.15) is 33.6 Å². The topological polar surface area (TPSA) is 0 Å². The Kier molecular flexibility index (Phi) is 6.73. The van der Waals surface area contributed by atoms with Crippen LogP contribution in [0.25, 0.3) is 0 Å². The zero-order valence-electron chi connectivity index (χ0n) is 9.31. The molecule has 0 N–H and O–H groups in total. The van der Waals surface area contributed by atoms with Crippen LogP contribution in [0.4, 0.5) is 4.39 Å². The maximum absolute atomic E-state index is 13.2. The fourth-order valence-electron chi connectivity index (χ4n) is 1.15. The molecular weight excluding hydrogens is 175 g/mol. The van der Waals surface area contributed by atoms with Crippen molar-refractivity contribution in [3.8, 4) is 0 Å². The summed E-state index contributed by atoms with van der Waals surface area (Å²) in [5, 5.41) is 0. The van der Waals surface area contributed by atoms with Crippen molar-refractivity contribution < 1.29 is 4.39 Å². The maximum atomic E-state index is 13.2. The van der Waals surface area contributed by atoms with Crippen molar-refractivity contribution in [3.63, 3.8) is 0 Å². The van der Waals surface area contributed by atoms with E-state index in [2.05, 4.69) is 6.58 Å². The summed E-state index contributed by atoms with van der Waals surface area (Å²) in [6.07, 6.45) is 8.45. The largest absolute Gasteiger partial charge is 0.207 e. The molecule has 0 saturated carbocycles. The van der Waals surface area contributed by atoms with Crippen LogP contribution >= 0.6 is 0 Å². The van der Waals surface area contributed by atoms with Crippen LogP contribution in [0.15, 0.2) is 47.9 Å². The minimum absolute atomic E-state index is 0.232. The molecule has 0 fully saturated rings. The molecule has 78 valence electrons. The predicted octanol–water partition coefficient (Wildman–Crippen LogP) is 4.72. The molecule has 0 saturated heterocycles. The first-order valence-electron chi connectivity index (χ1n) is 5.03. The highest BCUT2D eigenvalue weighted by molar-refractivity contribution is 5.39. The van der Waals surface area contributed by atoms with Crippen LogP contribution in [0.2, 0.25) is 0 Å². The van der Waals surface area contributed by atoms with E-state index in [0.29, 0.717) is 0 Å². The van der Waals surface area contributed by atoms with Crippen molar-refractivity contribution in [1.82, 2.24) is 0 Å². The lowest BCUT2D eigenvalue weighted by Crippen LogP contribution is -1.83. The second-order valence-corrected chi connectivity index (χ2v) is 3.03. The van der Waals surface area contributed by atoms with Crippen LogP contribution < -0.4 is 0 Å². The van der Waals surface area contributed by atoms with Crippen LogP contribution in [-0.2, 0) is 0 Å². The molecule has 0 radical (unpaired) electrons. The van der Waals surface area contributed by atoms with Crippen molar-refractivity contribution >= 4 is 0 Å². The lowest BCUT2D eigenvalue weighted by molar-refractivity contribution is 0.665. The van der Waals surface area contributed by atoms with E-state index < -0.39 is 0 Å². The van der Waals surface area contributed by atoms with Gasteiger partial charge in [0, 0.05) is 0 Å². The summed E-state index contributed by atoms with van der Waals surface area (Å²) in [5.41, 5.74) is 1.85. The van der Waals surface area contributed by atoms with Gasteiger partial charge in [0.05, 0.1) is 0 Å². The fourth-order valence-corrected chi connectivity index (χ4v) is 1.15.